The molecular formula is C14H18N4O2S. The molecule has 6 nitrogen and oxygen atoms in total. The maximum Gasteiger partial charge on any atom is 0.156 e. The fraction of sp³-hybridized carbons (Fsp3) is 0.571. The summed E-state index contributed by atoms with van der Waals surface area (Å²) in [6.07, 6.45) is 7.38. The first-order valence-electron chi connectivity index (χ1n) is 7.37. The summed E-state index contributed by atoms with van der Waals surface area (Å²) in [6.45, 7) is 0. The van der Waals surface area contributed by atoms with Gasteiger partial charge in [0.25, 0.3) is 0 Å². The lowest BCUT2D eigenvalue weighted by atomic mass is 9.79. The van der Waals surface area contributed by atoms with Gasteiger partial charge in [-0.3, -0.25) is 0 Å². The molecule has 21 heavy (non-hydrogen) atoms. The van der Waals surface area contributed by atoms with Crippen molar-refractivity contribution in [3.05, 3.63) is 18.6 Å². The Balaban J connectivity index is 1.60. The molecule has 1 spiro atoms. The Hall–Kier alpha value is -1.63. The van der Waals surface area contributed by atoms with Gasteiger partial charge in [0, 0.05) is 12.2 Å². The molecule has 2 fully saturated rings. The summed E-state index contributed by atoms with van der Waals surface area (Å²) in [5.41, 5.74) is 0.800. The Morgan fingerprint density at radius 3 is 2.95 bits per heavy atom. The number of sulfone groups is 1. The molecule has 7 heteroatoms. The summed E-state index contributed by atoms with van der Waals surface area (Å²) in [4.78, 5) is 11.5. The lowest BCUT2D eigenvalue weighted by Crippen LogP contribution is -2.53. The average Bonchev–Trinajstić information content (AvgIpc) is 2.88. The molecule has 0 radical (unpaired) electrons. The zero-order valence-corrected chi connectivity index (χ0v) is 12.5. The highest BCUT2D eigenvalue weighted by Crippen LogP contribution is 2.47. The van der Waals surface area contributed by atoms with Crippen LogP contribution in [0.25, 0.3) is 11.0 Å². The zero-order valence-electron chi connectivity index (χ0n) is 11.7. The van der Waals surface area contributed by atoms with E-state index in [9.17, 15) is 8.42 Å². The van der Waals surface area contributed by atoms with Gasteiger partial charge in [0.2, 0.25) is 0 Å². The lowest BCUT2D eigenvalue weighted by Gasteiger charge is -2.46. The van der Waals surface area contributed by atoms with Crippen molar-refractivity contribution in [2.24, 2.45) is 0 Å². The normalized spacial score (nSPS) is 26.6. The van der Waals surface area contributed by atoms with Gasteiger partial charge in [0.15, 0.2) is 9.84 Å². The molecule has 0 bridgehead atoms. The molecule has 1 saturated heterocycles. The Morgan fingerprint density at radius 1 is 1.33 bits per heavy atom. The van der Waals surface area contributed by atoms with Crippen molar-refractivity contribution in [1.29, 1.82) is 0 Å². The van der Waals surface area contributed by atoms with E-state index in [1.54, 1.807) is 0 Å². The smallest absolute Gasteiger partial charge is 0.156 e. The van der Waals surface area contributed by atoms with Crippen LogP contribution < -0.4 is 5.32 Å². The number of aromatic amines is 1. The highest BCUT2D eigenvalue weighted by molar-refractivity contribution is 7.92. The molecule has 1 saturated carbocycles. The summed E-state index contributed by atoms with van der Waals surface area (Å²) in [5.74, 6) is 1.08. The molecule has 2 N–H and O–H groups in total. The second-order valence-corrected chi connectivity index (χ2v) is 8.66. The second-order valence-electron chi connectivity index (χ2n) is 6.15. The monoisotopic (exact) mass is 306 g/mol. The number of hydrogen-bond acceptors (Lipinski definition) is 5. The van der Waals surface area contributed by atoms with Gasteiger partial charge in [-0.2, -0.15) is 0 Å². The highest BCUT2D eigenvalue weighted by atomic mass is 32.2. The van der Waals surface area contributed by atoms with Crippen molar-refractivity contribution in [3.8, 4) is 0 Å². The van der Waals surface area contributed by atoms with Crippen LogP contribution in [0.5, 0.6) is 0 Å². The van der Waals surface area contributed by atoms with Crippen LogP contribution >= 0.6 is 0 Å². The van der Waals surface area contributed by atoms with Gasteiger partial charge in [-0.25, -0.2) is 18.4 Å². The van der Waals surface area contributed by atoms with Gasteiger partial charge in [-0.15, -0.1) is 0 Å². The maximum atomic E-state index is 12.3. The maximum absolute atomic E-state index is 12.3. The number of H-pyrrole nitrogens is 1. The molecule has 0 amide bonds. The van der Waals surface area contributed by atoms with Gasteiger partial charge in [-0.05, 0) is 31.7 Å². The molecule has 1 atom stereocenters. The number of nitrogens with one attached hydrogen (secondary N) is 2. The minimum absolute atomic E-state index is 0.168. The molecule has 0 aromatic carbocycles. The number of hydrogen-bond donors (Lipinski definition) is 2. The van der Waals surface area contributed by atoms with Gasteiger partial charge in [0.1, 0.15) is 17.8 Å². The van der Waals surface area contributed by atoms with E-state index in [2.05, 4.69) is 20.3 Å². The Kier molecular flexibility index (Phi) is 2.76. The van der Waals surface area contributed by atoms with E-state index in [0.29, 0.717) is 12.8 Å². The van der Waals surface area contributed by atoms with Gasteiger partial charge in [0.05, 0.1) is 15.9 Å². The number of aromatic nitrogens is 3. The van der Waals surface area contributed by atoms with Crippen molar-refractivity contribution >= 4 is 26.7 Å². The number of anilines is 1. The summed E-state index contributed by atoms with van der Waals surface area (Å²) in [6, 6.07) is 2.11. The van der Waals surface area contributed by atoms with E-state index >= 15 is 0 Å². The molecular weight excluding hydrogens is 288 g/mol. The van der Waals surface area contributed by atoms with E-state index in [4.69, 9.17) is 0 Å². The van der Waals surface area contributed by atoms with E-state index in [-0.39, 0.29) is 11.8 Å². The largest absolute Gasteiger partial charge is 0.367 e. The van der Waals surface area contributed by atoms with Crippen LogP contribution in [0.2, 0.25) is 0 Å². The van der Waals surface area contributed by atoms with Crippen molar-refractivity contribution in [2.45, 2.75) is 42.9 Å². The Morgan fingerprint density at radius 2 is 2.19 bits per heavy atom. The second kappa shape index (κ2) is 4.43. The van der Waals surface area contributed by atoms with Crippen LogP contribution in [0.3, 0.4) is 0 Å². The highest BCUT2D eigenvalue weighted by Gasteiger charge is 2.52. The third kappa shape index (κ3) is 1.94. The van der Waals surface area contributed by atoms with E-state index in [0.717, 1.165) is 36.1 Å². The molecule has 1 unspecified atom stereocenters. The molecule has 1 aliphatic carbocycles. The quantitative estimate of drug-likeness (QED) is 0.884. The first kappa shape index (κ1) is 13.1. The third-order valence-electron chi connectivity index (χ3n) is 4.97. The fourth-order valence-corrected chi connectivity index (χ4v) is 5.98. The van der Waals surface area contributed by atoms with Gasteiger partial charge < -0.3 is 10.3 Å². The first-order chi connectivity index (χ1) is 10.1. The zero-order chi connectivity index (χ0) is 14.5. The molecule has 2 aliphatic rings. The first-order valence-corrected chi connectivity index (χ1v) is 9.02. The summed E-state index contributed by atoms with van der Waals surface area (Å²) in [5, 5.41) is 4.39. The van der Waals surface area contributed by atoms with Crippen LogP contribution in [-0.4, -0.2) is 39.9 Å². The number of rotatable bonds is 2. The van der Waals surface area contributed by atoms with Crippen molar-refractivity contribution in [2.75, 3.05) is 11.1 Å². The average molecular weight is 306 g/mol. The van der Waals surface area contributed by atoms with Crippen LogP contribution in [0.4, 0.5) is 5.82 Å². The van der Waals surface area contributed by atoms with Gasteiger partial charge in [-0.1, -0.05) is 6.42 Å². The molecule has 2 aromatic rings. The minimum atomic E-state index is -2.92. The molecule has 1 aliphatic heterocycles. The van der Waals surface area contributed by atoms with Crippen LogP contribution in [0.1, 0.15) is 32.1 Å². The summed E-state index contributed by atoms with van der Waals surface area (Å²) < 4.78 is 24.1. The molecule has 2 aromatic heterocycles. The molecule has 4 rings (SSSR count). The minimum Gasteiger partial charge on any atom is -0.367 e. The summed E-state index contributed by atoms with van der Waals surface area (Å²) in [7, 11) is -2.92. The van der Waals surface area contributed by atoms with Crippen molar-refractivity contribution in [3.63, 3.8) is 0 Å². The number of nitrogens with zero attached hydrogens (tertiary/aromatic N) is 2. The fourth-order valence-electron chi connectivity index (χ4n) is 3.58. The predicted molar refractivity (Wildman–Crippen MR) is 80.9 cm³/mol. The molecule has 3 heterocycles. The van der Waals surface area contributed by atoms with Crippen molar-refractivity contribution in [1.82, 2.24) is 15.0 Å². The third-order valence-corrected chi connectivity index (χ3v) is 7.64. The van der Waals surface area contributed by atoms with E-state index in [1.165, 1.54) is 6.33 Å². The number of fused-ring (bicyclic) bond motifs is 1. The van der Waals surface area contributed by atoms with Crippen molar-refractivity contribution < 1.29 is 8.42 Å². The predicted octanol–water partition coefficient (Wildman–Crippen LogP) is 1.87. The molecule has 112 valence electrons. The SMILES string of the molecule is O=S1(=O)CCC(Nc2ncnc3[nH]ccc23)CC12CCC2. The van der Waals surface area contributed by atoms with Crippen LogP contribution in [0, 0.1) is 0 Å². The van der Waals surface area contributed by atoms with Crippen LogP contribution in [-0.2, 0) is 9.84 Å². The summed E-state index contributed by atoms with van der Waals surface area (Å²) >= 11 is 0. The standard InChI is InChI=1S/C14H18N4O2S/c19-21(20)7-3-10(8-14(21)4-1-5-14)18-13-11-2-6-15-12(11)16-9-17-13/h2,6,9-10H,1,3-5,7-8H2,(H2,15,16,17,18). The Labute approximate surface area is 123 Å². The topological polar surface area (TPSA) is 87.7 Å². The van der Waals surface area contributed by atoms with E-state index in [1.807, 2.05) is 12.3 Å². The van der Waals surface area contributed by atoms with E-state index < -0.39 is 14.6 Å². The lowest BCUT2D eigenvalue weighted by molar-refractivity contribution is 0.289. The van der Waals surface area contributed by atoms with Gasteiger partial charge >= 0.3 is 0 Å². The van der Waals surface area contributed by atoms with Crippen LogP contribution in [0.15, 0.2) is 18.6 Å². The Bertz CT molecular complexity index is 779.